The van der Waals surface area contributed by atoms with Crippen LogP contribution in [0.5, 0.6) is 0 Å². The Bertz CT molecular complexity index is 707. The monoisotopic (exact) mass is 363 g/mol. The maximum Gasteiger partial charge on any atom is 0.325 e. The van der Waals surface area contributed by atoms with E-state index in [2.05, 4.69) is 17.6 Å². The van der Waals surface area contributed by atoms with Crippen LogP contribution >= 0.6 is 0 Å². The molecule has 6 nitrogen and oxygen atoms in total. The SMILES string of the molecule is CCCCCC[C@@]1(C)NC(=O)N(CC(=O)Nc2ccc(C)cc2F)C1=O. The summed E-state index contributed by atoms with van der Waals surface area (Å²) >= 11 is 0. The van der Waals surface area contributed by atoms with Crippen molar-refractivity contribution >= 4 is 23.5 Å². The fraction of sp³-hybridized carbons (Fsp3) is 0.526. The van der Waals surface area contributed by atoms with E-state index in [1.165, 1.54) is 12.1 Å². The summed E-state index contributed by atoms with van der Waals surface area (Å²) in [6.45, 7) is 5.07. The fourth-order valence-electron chi connectivity index (χ4n) is 3.02. The number of hydrogen-bond acceptors (Lipinski definition) is 3. The predicted octanol–water partition coefficient (Wildman–Crippen LogP) is 3.35. The summed E-state index contributed by atoms with van der Waals surface area (Å²) in [5.74, 6) is -1.60. The molecule has 1 atom stereocenters. The molecule has 1 aromatic carbocycles. The quantitative estimate of drug-likeness (QED) is 0.549. The molecule has 1 aliphatic rings. The molecule has 1 heterocycles. The van der Waals surface area contributed by atoms with Crippen molar-refractivity contribution in [3.63, 3.8) is 0 Å². The minimum absolute atomic E-state index is 0.0231. The first kappa shape index (κ1) is 19.9. The average molecular weight is 363 g/mol. The Morgan fingerprint density at radius 2 is 2.00 bits per heavy atom. The maximum atomic E-state index is 13.8. The first-order chi connectivity index (χ1) is 12.3. The molecule has 0 spiro atoms. The number of nitrogens with one attached hydrogen (secondary N) is 2. The van der Waals surface area contributed by atoms with E-state index in [-0.39, 0.29) is 5.69 Å². The largest absolute Gasteiger partial charge is 0.325 e. The van der Waals surface area contributed by atoms with Crippen molar-refractivity contribution in [2.75, 3.05) is 11.9 Å². The summed E-state index contributed by atoms with van der Waals surface area (Å²) in [6.07, 6.45) is 4.50. The summed E-state index contributed by atoms with van der Waals surface area (Å²) in [5.41, 5.74) is -0.233. The van der Waals surface area contributed by atoms with Crippen molar-refractivity contribution in [1.29, 1.82) is 0 Å². The summed E-state index contributed by atoms with van der Waals surface area (Å²) in [7, 11) is 0. The van der Waals surface area contributed by atoms with Crippen LogP contribution in [-0.4, -0.2) is 34.8 Å². The summed E-state index contributed by atoms with van der Waals surface area (Å²) < 4.78 is 13.8. The lowest BCUT2D eigenvalue weighted by Gasteiger charge is -2.21. The van der Waals surface area contributed by atoms with E-state index >= 15 is 0 Å². The molecule has 0 radical (unpaired) electrons. The minimum atomic E-state index is -0.986. The Hall–Kier alpha value is -2.44. The number of amides is 4. The van der Waals surface area contributed by atoms with E-state index < -0.39 is 35.7 Å². The van der Waals surface area contributed by atoms with Gasteiger partial charge in [0.1, 0.15) is 17.9 Å². The van der Waals surface area contributed by atoms with E-state index in [0.29, 0.717) is 6.42 Å². The second-order valence-corrected chi connectivity index (χ2v) is 7.00. The molecule has 142 valence electrons. The Kier molecular flexibility index (Phi) is 6.34. The van der Waals surface area contributed by atoms with E-state index in [0.717, 1.165) is 36.1 Å². The van der Waals surface area contributed by atoms with Crippen LogP contribution in [0.4, 0.5) is 14.9 Å². The van der Waals surface area contributed by atoms with Crippen molar-refractivity contribution in [2.45, 2.75) is 58.4 Å². The highest BCUT2D eigenvalue weighted by Crippen LogP contribution is 2.24. The standard InChI is InChI=1S/C19H26FN3O3/c1-4-5-6-7-10-19(3)17(25)23(18(26)22-19)12-16(24)21-15-9-8-13(2)11-14(15)20/h8-9,11H,4-7,10,12H2,1-3H3,(H,21,24)(H,22,26)/t19-/m1/s1. The van der Waals surface area contributed by atoms with Crippen LogP contribution in [-0.2, 0) is 9.59 Å². The van der Waals surface area contributed by atoms with Crippen LogP contribution in [0.2, 0.25) is 0 Å². The molecular weight excluding hydrogens is 337 g/mol. The van der Waals surface area contributed by atoms with Crippen LogP contribution < -0.4 is 10.6 Å². The minimum Gasteiger partial charge on any atom is -0.323 e. The highest BCUT2D eigenvalue weighted by atomic mass is 19.1. The Morgan fingerprint density at radius 3 is 2.65 bits per heavy atom. The molecule has 1 aromatic rings. The van der Waals surface area contributed by atoms with Gasteiger partial charge in [-0.25, -0.2) is 9.18 Å². The van der Waals surface area contributed by atoms with Crippen LogP contribution in [0.1, 0.15) is 51.5 Å². The van der Waals surface area contributed by atoms with Crippen molar-refractivity contribution in [3.8, 4) is 0 Å². The lowest BCUT2D eigenvalue weighted by atomic mass is 9.94. The number of carbonyl (C=O) groups excluding carboxylic acids is 3. The highest BCUT2D eigenvalue weighted by Gasteiger charge is 2.47. The second-order valence-electron chi connectivity index (χ2n) is 7.00. The number of anilines is 1. The van der Waals surface area contributed by atoms with Crippen LogP contribution in [0.3, 0.4) is 0 Å². The van der Waals surface area contributed by atoms with Gasteiger partial charge in [-0.15, -0.1) is 0 Å². The summed E-state index contributed by atoms with van der Waals surface area (Å²) in [6, 6.07) is 3.83. The second kappa shape index (κ2) is 8.29. The molecule has 7 heteroatoms. The van der Waals surface area contributed by atoms with Crippen molar-refractivity contribution in [3.05, 3.63) is 29.6 Å². The smallest absolute Gasteiger partial charge is 0.323 e. The number of nitrogens with zero attached hydrogens (tertiary/aromatic N) is 1. The van der Waals surface area contributed by atoms with Crippen molar-refractivity contribution in [2.24, 2.45) is 0 Å². The summed E-state index contributed by atoms with van der Waals surface area (Å²) in [5, 5.41) is 5.08. The van der Waals surface area contributed by atoms with Crippen LogP contribution in [0.25, 0.3) is 0 Å². The van der Waals surface area contributed by atoms with Gasteiger partial charge in [0.15, 0.2) is 0 Å². The number of rotatable bonds is 8. The van der Waals surface area contributed by atoms with Gasteiger partial charge in [-0.3, -0.25) is 14.5 Å². The van der Waals surface area contributed by atoms with Gasteiger partial charge >= 0.3 is 6.03 Å². The molecular formula is C19H26FN3O3. The number of imide groups is 1. The third-order valence-electron chi connectivity index (χ3n) is 4.58. The molecule has 1 saturated heterocycles. The third-order valence-corrected chi connectivity index (χ3v) is 4.58. The lowest BCUT2D eigenvalue weighted by molar-refractivity contribution is -0.133. The maximum absolute atomic E-state index is 13.8. The van der Waals surface area contributed by atoms with Crippen LogP contribution in [0.15, 0.2) is 18.2 Å². The van der Waals surface area contributed by atoms with E-state index in [1.807, 2.05) is 0 Å². The van der Waals surface area contributed by atoms with Crippen molar-refractivity contribution < 1.29 is 18.8 Å². The molecule has 0 saturated carbocycles. The number of hydrogen-bond donors (Lipinski definition) is 2. The molecule has 4 amide bonds. The van der Waals surface area contributed by atoms with Gasteiger partial charge in [-0.2, -0.15) is 0 Å². The van der Waals surface area contributed by atoms with Crippen molar-refractivity contribution in [1.82, 2.24) is 10.2 Å². The van der Waals surface area contributed by atoms with E-state index in [9.17, 15) is 18.8 Å². The Balaban J connectivity index is 1.97. The molecule has 26 heavy (non-hydrogen) atoms. The molecule has 0 aliphatic carbocycles. The topological polar surface area (TPSA) is 78.5 Å². The van der Waals surface area contributed by atoms with Gasteiger partial charge in [0.05, 0.1) is 5.69 Å². The lowest BCUT2D eigenvalue weighted by Crippen LogP contribution is -2.44. The van der Waals surface area contributed by atoms with E-state index in [1.54, 1.807) is 19.9 Å². The Morgan fingerprint density at radius 1 is 1.27 bits per heavy atom. The molecule has 1 aliphatic heterocycles. The molecule has 0 bridgehead atoms. The first-order valence-electron chi connectivity index (χ1n) is 8.97. The zero-order valence-electron chi connectivity index (χ0n) is 15.5. The molecule has 0 aromatic heterocycles. The normalized spacial score (nSPS) is 19.6. The fourth-order valence-corrected chi connectivity index (χ4v) is 3.02. The van der Waals surface area contributed by atoms with Gasteiger partial charge < -0.3 is 10.6 Å². The average Bonchev–Trinajstić information content (AvgIpc) is 2.78. The highest BCUT2D eigenvalue weighted by molar-refractivity contribution is 6.09. The summed E-state index contributed by atoms with van der Waals surface area (Å²) in [4.78, 5) is 37.8. The number of urea groups is 1. The first-order valence-corrected chi connectivity index (χ1v) is 8.97. The van der Waals surface area contributed by atoms with Gasteiger partial charge in [0.25, 0.3) is 5.91 Å². The number of carbonyl (C=O) groups is 3. The molecule has 1 fully saturated rings. The third kappa shape index (κ3) is 4.59. The van der Waals surface area contributed by atoms with Gasteiger partial charge in [-0.1, -0.05) is 38.7 Å². The molecule has 2 rings (SSSR count). The number of benzene rings is 1. The van der Waals surface area contributed by atoms with E-state index in [4.69, 9.17) is 0 Å². The predicted molar refractivity (Wildman–Crippen MR) is 97.2 cm³/mol. The molecule has 2 N–H and O–H groups in total. The zero-order valence-corrected chi connectivity index (χ0v) is 15.5. The molecule has 0 unspecified atom stereocenters. The van der Waals surface area contributed by atoms with Gasteiger partial charge in [0, 0.05) is 0 Å². The zero-order chi connectivity index (χ0) is 19.3. The van der Waals surface area contributed by atoms with Gasteiger partial charge in [-0.05, 0) is 38.0 Å². The van der Waals surface area contributed by atoms with Crippen LogP contribution in [0, 0.1) is 12.7 Å². The number of unbranched alkanes of at least 4 members (excludes halogenated alkanes) is 3. The number of halogens is 1. The Labute approximate surface area is 153 Å². The van der Waals surface area contributed by atoms with Gasteiger partial charge in [0.2, 0.25) is 5.91 Å². The number of aryl methyl sites for hydroxylation is 1.